The van der Waals surface area contributed by atoms with Gasteiger partial charge in [-0.05, 0) is 59.0 Å². The molecular formula is C37H41ClO3. The summed E-state index contributed by atoms with van der Waals surface area (Å²) < 4.78 is 5.99. The minimum absolute atomic E-state index is 0.179. The van der Waals surface area contributed by atoms with E-state index in [2.05, 4.69) is 6.92 Å². The average Bonchev–Trinajstić information content (AvgIpc) is 2.99. The lowest BCUT2D eigenvalue weighted by atomic mass is 9.80. The van der Waals surface area contributed by atoms with Crippen molar-refractivity contribution in [3.8, 4) is 5.75 Å². The molecule has 1 aliphatic carbocycles. The van der Waals surface area contributed by atoms with Crippen LogP contribution in [-0.4, -0.2) is 18.2 Å². The molecule has 0 atom stereocenters. The SMILES string of the molecule is CCCCCCCCCCCCOc1cccc(C=CC(=O)C2=C(c3ccccc3)c3cc(Cl)ccc3CC2=O)c1. The first-order chi connectivity index (χ1) is 20.1. The van der Waals surface area contributed by atoms with Gasteiger partial charge in [-0.25, -0.2) is 0 Å². The molecule has 0 radical (unpaired) electrons. The number of Topliss-reactive ketones (excluding diaryl/α,β-unsaturated/α-hetero) is 1. The van der Waals surface area contributed by atoms with E-state index < -0.39 is 0 Å². The van der Waals surface area contributed by atoms with Crippen LogP contribution in [0.5, 0.6) is 5.75 Å². The summed E-state index contributed by atoms with van der Waals surface area (Å²) in [6, 6.07) is 22.8. The molecule has 41 heavy (non-hydrogen) atoms. The molecule has 4 rings (SSSR count). The second-order valence-corrected chi connectivity index (χ2v) is 11.3. The molecule has 0 amide bonds. The molecule has 0 unspecified atom stereocenters. The van der Waals surface area contributed by atoms with E-state index in [1.165, 1.54) is 63.9 Å². The standard InChI is InChI=1S/C37H41ClO3/c1-2-3-4-5-6-7-8-9-10-14-24-41-32-19-15-16-28(25-32)20-23-34(39)37-35(40)26-30-21-22-31(38)27-33(30)36(37)29-17-12-11-13-18-29/h11-13,15-23,25,27H,2-10,14,24,26H2,1H3. The molecule has 3 nitrogen and oxygen atoms in total. The van der Waals surface area contributed by atoms with Crippen LogP contribution in [0, 0.1) is 0 Å². The van der Waals surface area contributed by atoms with E-state index in [1.807, 2.05) is 66.7 Å². The predicted molar refractivity (Wildman–Crippen MR) is 170 cm³/mol. The van der Waals surface area contributed by atoms with E-state index in [0.717, 1.165) is 34.4 Å². The van der Waals surface area contributed by atoms with Gasteiger partial charge in [-0.2, -0.15) is 0 Å². The molecule has 1 aliphatic rings. The van der Waals surface area contributed by atoms with E-state index in [1.54, 1.807) is 12.1 Å². The van der Waals surface area contributed by atoms with Crippen LogP contribution >= 0.6 is 11.6 Å². The maximum absolute atomic E-state index is 13.5. The van der Waals surface area contributed by atoms with Crippen LogP contribution in [0.15, 0.2) is 84.4 Å². The summed E-state index contributed by atoms with van der Waals surface area (Å²) in [4.78, 5) is 26.8. The third-order valence-electron chi connectivity index (χ3n) is 7.58. The monoisotopic (exact) mass is 568 g/mol. The number of rotatable bonds is 16. The lowest BCUT2D eigenvalue weighted by Gasteiger charge is -2.22. The van der Waals surface area contributed by atoms with Crippen molar-refractivity contribution in [3.05, 3.63) is 112 Å². The summed E-state index contributed by atoms with van der Waals surface area (Å²) in [5.74, 6) is 0.301. The third-order valence-corrected chi connectivity index (χ3v) is 7.82. The summed E-state index contributed by atoms with van der Waals surface area (Å²) in [5, 5.41) is 0.573. The predicted octanol–water partition coefficient (Wildman–Crippen LogP) is 9.85. The summed E-state index contributed by atoms with van der Waals surface area (Å²) in [7, 11) is 0. The Morgan fingerprint density at radius 2 is 1.54 bits per heavy atom. The summed E-state index contributed by atoms with van der Waals surface area (Å²) in [5.41, 5.74) is 4.24. The second-order valence-electron chi connectivity index (χ2n) is 10.8. The fourth-order valence-corrected chi connectivity index (χ4v) is 5.55. The summed E-state index contributed by atoms with van der Waals surface area (Å²) >= 11 is 6.32. The van der Waals surface area contributed by atoms with Crippen molar-refractivity contribution < 1.29 is 14.3 Å². The number of fused-ring (bicyclic) bond motifs is 1. The quantitative estimate of drug-likeness (QED) is 0.0980. The average molecular weight is 569 g/mol. The molecule has 0 spiro atoms. The highest BCUT2D eigenvalue weighted by atomic mass is 35.5. The van der Waals surface area contributed by atoms with Crippen molar-refractivity contribution in [1.29, 1.82) is 0 Å². The zero-order valence-corrected chi connectivity index (χ0v) is 24.9. The Hall–Kier alpha value is -3.43. The number of carbonyl (C=O) groups excluding carboxylic acids is 2. The zero-order valence-electron chi connectivity index (χ0n) is 24.2. The molecule has 0 aromatic heterocycles. The Balaban J connectivity index is 1.37. The molecule has 0 saturated heterocycles. The minimum atomic E-state index is -0.309. The molecule has 0 saturated carbocycles. The fourth-order valence-electron chi connectivity index (χ4n) is 5.38. The van der Waals surface area contributed by atoms with Crippen LogP contribution in [0.3, 0.4) is 0 Å². The van der Waals surface area contributed by atoms with E-state index in [9.17, 15) is 9.59 Å². The number of allylic oxidation sites excluding steroid dienone is 2. The number of unbranched alkanes of at least 4 members (excludes halogenated alkanes) is 9. The van der Waals surface area contributed by atoms with E-state index >= 15 is 0 Å². The second kappa shape index (κ2) is 16.1. The van der Waals surface area contributed by atoms with Gasteiger partial charge < -0.3 is 4.74 Å². The molecule has 3 aromatic rings. The molecule has 0 aliphatic heterocycles. The number of ketones is 2. The Kier molecular flexibility index (Phi) is 12.0. The number of benzene rings is 3. The van der Waals surface area contributed by atoms with Crippen LogP contribution in [0.1, 0.15) is 93.4 Å². The van der Waals surface area contributed by atoms with Crippen LogP contribution in [-0.2, 0) is 16.0 Å². The number of halogens is 1. The largest absolute Gasteiger partial charge is 0.494 e. The molecule has 0 N–H and O–H groups in total. The van der Waals surface area contributed by atoms with Gasteiger partial charge in [0.05, 0.1) is 12.2 Å². The third kappa shape index (κ3) is 9.03. The van der Waals surface area contributed by atoms with Gasteiger partial charge >= 0.3 is 0 Å². The van der Waals surface area contributed by atoms with Crippen molar-refractivity contribution in [2.75, 3.05) is 6.61 Å². The Bertz CT molecular complexity index is 1370. The number of carbonyl (C=O) groups is 2. The van der Waals surface area contributed by atoms with Crippen molar-refractivity contribution in [1.82, 2.24) is 0 Å². The maximum Gasteiger partial charge on any atom is 0.190 e. The highest BCUT2D eigenvalue weighted by molar-refractivity contribution is 6.33. The Labute approximate surface area is 250 Å². The van der Waals surface area contributed by atoms with Gasteiger partial charge in [0.1, 0.15) is 5.75 Å². The lowest BCUT2D eigenvalue weighted by Crippen LogP contribution is -2.21. The molecule has 0 bridgehead atoms. The van der Waals surface area contributed by atoms with Crippen LogP contribution in [0.25, 0.3) is 11.6 Å². The van der Waals surface area contributed by atoms with Gasteiger partial charge in [-0.1, -0.05) is 131 Å². The highest BCUT2D eigenvalue weighted by Gasteiger charge is 2.30. The first kappa shape index (κ1) is 30.5. The Morgan fingerprint density at radius 1 is 0.829 bits per heavy atom. The van der Waals surface area contributed by atoms with Gasteiger partial charge in [0.25, 0.3) is 0 Å². The van der Waals surface area contributed by atoms with Gasteiger partial charge in [-0.3, -0.25) is 9.59 Å². The van der Waals surface area contributed by atoms with Crippen LogP contribution in [0.4, 0.5) is 0 Å². The summed E-state index contributed by atoms with van der Waals surface area (Å²) in [6.07, 6.45) is 16.3. The molecular weight excluding hydrogens is 528 g/mol. The van der Waals surface area contributed by atoms with Gasteiger partial charge in [0, 0.05) is 17.0 Å². The van der Waals surface area contributed by atoms with E-state index in [4.69, 9.17) is 16.3 Å². The topological polar surface area (TPSA) is 43.4 Å². The molecule has 3 aromatic carbocycles. The molecule has 0 fully saturated rings. The minimum Gasteiger partial charge on any atom is -0.494 e. The molecule has 0 heterocycles. The maximum atomic E-state index is 13.5. The smallest absolute Gasteiger partial charge is 0.190 e. The van der Waals surface area contributed by atoms with Gasteiger partial charge in [0.2, 0.25) is 0 Å². The van der Waals surface area contributed by atoms with Crippen molar-refractivity contribution in [2.24, 2.45) is 0 Å². The first-order valence-electron chi connectivity index (χ1n) is 15.1. The Morgan fingerprint density at radius 3 is 2.27 bits per heavy atom. The highest BCUT2D eigenvalue weighted by Crippen LogP contribution is 2.36. The van der Waals surface area contributed by atoms with Gasteiger partial charge in [0.15, 0.2) is 11.6 Å². The van der Waals surface area contributed by atoms with Crippen molar-refractivity contribution in [3.63, 3.8) is 0 Å². The van der Waals surface area contributed by atoms with Crippen molar-refractivity contribution in [2.45, 2.75) is 77.6 Å². The van der Waals surface area contributed by atoms with E-state index in [-0.39, 0.29) is 23.6 Å². The number of hydrogen-bond acceptors (Lipinski definition) is 3. The van der Waals surface area contributed by atoms with Gasteiger partial charge in [-0.15, -0.1) is 0 Å². The fraction of sp³-hybridized carbons (Fsp3) is 0.351. The molecule has 4 heteroatoms. The van der Waals surface area contributed by atoms with E-state index in [0.29, 0.717) is 17.2 Å². The zero-order chi connectivity index (χ0) is 28.9. The molecule has 214 valence electrons. The van der Waals surface area contributed by atoms with Crippen LogP contribution < -0.4 is 4.74 Å². The first-order valence-corrected chi connectivity index (χ1v) is 15.5. The summed E-state index contributed by atoms with van der Waals surface area (Å²) in [6.45, 7) is 2.94. The lowest BCUT2D eigenvalue weighted by molar-refractivity contribution is -0.119. The number of hydrogen-bond donors (Lipinski definition) is 0. The number of ether oxygens (including phenoxy) is 1. The normalized spacial score (nSPS) is 13.1. The van der Waals surface area contributed by atoms with Crippen molar-refractivity contribution >= 4 is 34.8 Å². The van der Waals surface area contributed by atoms with Crippen LogP contribution in [0.2, 0.25) is 5.02 Å².